The van der Waals surface area contributed by atoms with Crippen molar-refractivity contribution in [2.24, 2.45) is 0 Å². The summed E-state index contributed by atoms with van der Waals surface area (Å²) in [7, 11) is 0. The SMILES string of the molecule is O=C(CCC(=O)c1ccc2ccccc2c1)Nc1ccc(C(=O)NC2CC2)cc1. The molecule has 0 aliphatic heterocycles. The van der Waals surface area contributed by atoms with Crippen LogP contribution in [0.4, 0.5) is 5.69 Å². The summed E-state index contributed by atoms with van der Waals surface area (Å²) in [5.41, 5.74) is 1.79. The quantitative estimate of drug-likeness (QED) is 0.594. The van der Waals surface area contributed by atoms with Crippen molar-refractivity contribution >= 4 is 34.1 Å². The number of fused-ring (bicyclic) bond motifs is 1. The zero-order valence-electron chi connectivity index (χ0n) is 16.0. The number of benzene rings is 3. The molecule has 29 heavy (non-hydrogen) atoms. The second kappa shape index (κ2) is 8.27. The van der Waals surface area contributed by atoms with Crippen LogP contribution in [0.25, 0.3) is 10.8 Å². The van der Waals surface area contributed by atoms with E-state index in [1.54, 1.807) is 30.3 Å². The van der Waals surface area contributed by atoms with E-state index in [0.29, 0.717) is 22.9 Å². The third-order valence-electron chi connectivity index (χ3n) is 4.99. The fourth-order valence-corrected chi connectivity index (χ4v) is 3.16. The molecule has 0 radical (unpaired) electrons. The Morgan fingerprint density at radius 3 is 2.21 bits per heavy atom. The Morgan fingerprint density at radius 1 is 0.793 bits per heavy atom. The molecule has 1 aliphatic carbocycles. The zero-order valence-corrected chi connectivity index (χ0v) is 16.0. The molecule has 0 bridgehead atoms. The van der Waals surface area contributed by atoms with Gasteiger partial charge in [0.25, 0.3) is 5.91 Å². The van der Waals surface area contributed by atoms with Gasteiger partial charge in [-0.2, -0.15) is 0 Å². The number of amides is 2. The monoisotopic (exact) mass is 386 g/mol. The molecule has 5 heteroatoms. The zero-order chi connectivity index (χ0) is 20.2. The van der Waals surface area contributed by atoms with Crippen molar-refractivity contribution in [3.8, 4) is 0 Å². The van der Waals surface area contributed by atoms with E-state index in [2.05, 4.69) is 10.6 Å². The first-order valence-electron chi connectivity index (χ1n) is 9.81. The first kappa shape index (κ1) is 18.9. The van der Waals surface area contributed by atoms with E-state index < -0.39 is 0 Å². The summed E-state index contributed by atoms with van der Waals surface area (Å²) in [5.74, 6) is -0.376. The highest BCUT2D eigenvalue weighted by Crippen LogP contribution is 2.20. The smallest absolute Gasteiger partial charge is 0.251 e. The third kappa shape index (κ3) is 4.88. The molecule has 2 amide bonds. The minimum Gasteiger partial charge on any atom is -0.349 e. The van der Waals surface area contributed by atoms with Gasteiger partial charge >= 0.3 is 0 Å². The van der Waals surface area contributed by atoms with Crippen molar-refractivity contribution in [2.75, 3.05) is 5.32 Å². The van der Waals surface area contributed by atoms with E-state index in [0.717, 1.165) is 23.6 Å². The maximum absolute atomic E-state index is 12.4. The Bertz CT molecular complexity index is 1070. The first-order chi connectivity index (χ1) is 14.1. The van der Waals surface area contributed by atoms with Crippen LogP contribution in [0.1, 0.15) is 46.4 Å². The molecule has 0 unspecified atom stereocenters. The number of rotatable bonds is 7. The lowest BCUT2D eigenvalue weighted by atomic mass is 10.0. The van der Waals surface area contributed by atoms with Crippen LogP contribution in [-0.4, -0.2) is 23.6 Å². The van der Waals surface area contributed by atoms with Gasteiger partial charge in [0, 0.05) is 35.7 Å². The summed E-state index contributed by atoms with van der Waals surface area (Å²) < 4.78 is 0. The van der Waals surface area contributed by atoms with Crippen LogP contribution in [0.3, 0.4) is 0 Å². The van der Waals surface area contributed by atoms with Gasteiger partial charge in [-0.1, -0.05) is 36.4 Å². The summed E-state index contributed by atoms with van der Waals surface area (Å²) in [6.45, 7) is 0. The molecule has 146 valence electrons. The summed E-state index contributed by atoms with van der Waals surface area (Å²) in [6.07, 6.45) is 2.33. The van der Waals surface area contributed by atoms with E-state index in [9.17, 15) is 14.4 Å². The molecule has 1 aliphatic rings. The van der Waals surface area contributed by atoms with Gasteiger partial charge in [0.2, 0.25) is 5.91 Å². The van der Waals surface area contributed by atoms with E-state index in [4.69, 9.17) is 0 Å². The molecule has 3 aromatic carbocycles. The van der Waals surface area contributed by atoms with Gasteiger partial charge in [0.1, 0.15) is 0 Å². The summed E-state index contributed by atoms with van der Waals surface area (Å²) in [5, 5.41) is 7.79. The summed E-state index contributed by atoms with van der Waals surface area (Å²) in [4.78, 5) is 36.6. The number of hydrogen-bond acceptors (Lipinski definition) is 3. The molecular weight excluding hydrogens is 364 g/mol. The fourth-order valence-electron chi connectivity index (χ4n) is 3.16. The number of anilines is 1. The highest BCUT2D eigenvalue weighted by atomic mass is 16.2. The topological polar surface area (TPSA) is 75.3 Å². The van der Waals surface area contributed by atoms with Gasteiger partial charge in [0.05, 0.1) is 0 Å². The molecule has 0 atom stereocenters. The van der Waals surface area contributed by atoms with Crippen LogP contribution in [0.15, 0.2) is 66.7 Å². The van der Waals surface area contributed by atoms with Gasteiger partial charge in [-0.05, 0) is 53.9 Å². The van der Waals surface area contributed by atoms with Crippen LogP contribution in [0.2, 0.25) is 0 Å². The van der Waals surface area contributed by atoms with Crippen LogP contribution in [0.5, 0.6) is 0 Å². The van der Waals surface area contributed by atoms with Crippen molar-refractivity contribution in [1.82, 2.24) is 5.32 Å². The van der Waals surface area contributed by atoms with Gasteiger partial charge in [-0.25, -0.2) is 0 Å². The molecule has 0 heterocycles. The van der Waals surface area contributed by atoms with Gasteiger partial charge in [-0.3, -0.25) is 14.4 Å². The van der Waals surface area contributed by atoms with Crippen LogP contribution in [0, 0.1) is 0 Å². The van der Waals surface area contributed by atoms with Gasteiger partial charge in [0.15, 0.2) is 5.78 Å². The highest BCUT2D eigenvalue weighted by molar-refractivity contribution is 6.02. The highest BCUT2D eigenvalue weighted by Gasteiger charge is 2.23. The number of hydrogen-bond donors (Lipinski definition) is 2. The lowest BCUT2D eigenvalue weighted by molar-refractivity contribution is -0.116. The maximum Gasteiger partial charge on any atom is 0.251 e. The normalized spacial score (nSPS) is 13.1. The second-order valence-electron chi connectivity index (χ2n) is 7.36. The molecule has 1 saturated carbocycles. The third-order valence-corrected chi connectivity index (χ3v) is 4.99. The molecule has 4 rings (SSSR count). The van der Waals surface area contributed by atoms with Crippen LogP contribution in [-0.2, 0) is 4.79 Å². The van der Waals surface area contributed by atoms with E-state index in [-0.39, 0.29) is 30.4 Å². The number of carbonyl (C=O) groups is 3. The molecule has 0 spiro atoms. The Balaban J connectivity index is 1.29. The van der Waals surface area contributed by atoms with Crippen LogP contribution < -0.4 is 10.6 Å². The van der Waals surface area contributed by atoms with Crippen molar-refractivity contribution in [3.05, 3.63) is 77.9 Å². The summed E-state index contributed by atoms with van der Waals surface area (Å²) in [6, 6.07) is 20.5. The minimum atomic E-state index is -0.227. The number of ketones is 1. The molecule has 2 N–H and O–H groups in total. The number of carbonyl (C=O) groups excluding carboxylic acids is 3. The maximum atomic E-state index is 12.4. The number of Topliss-reactive ketones (excluding diaryl/α,β-unsaturated/α-hetero) is 1. The Labute approximate surface area is 169 Å². The molecule has 0 aromatic heterocycles. The summed E-state index contributed by atoms with van der Waals surface area (Å²) >= 11 is 0. The van der Waals surface area contributed by atoms with Crippen molar-refractivity contribution in [3.63, 3.8) is 0 Å². The molecule has 1 fully saturated rings. The Morgan fingerprint density at radius 2 is 1.48 bits per heavy atom. The standard InChI is InChI=1S/C24H22N2O3/c27-22(19-6-5-16-3-1-2-4-18(16)15-19)13-14-23(28)25-20-9-7-17(8-10-20)24(29)26-21-11-12-21/h1-10,15,21H,11-14H2,(H,25,28)(H,26,29). The average Bonchev–Trinajstić information content (AvgIpc) is 3.56. The van der Waals surface area contributed by atoms with Gasteiger partial charge < -0.3 is 10.6 Å². The van der Waals surface area contributed by atoms with E-state index in [1.807, 2.05) is 36.4 Å². The Kier molecular flexibility index (Phi) is 5.38. The molecule has 5 nitrogen and oxygen atoms in total. The predicted octanol–water partition coefficient (Wildman–Crippen LogP) is 4.33. The van der Waals surface area contributed by atoms with Crippen LogP contribution >= 0.6 is 0 Å². The minimum absolute atomic E-state index is 0.0574. The largest absolute Gasteiger partial charge is 0.349 e. The van der Waals surface area contributed by atoms with Gasteiger partial charge in [-0.15, -0.1) is 0 Å². The molecule has 0 saturated heterocycles. The Hall–Kier alpha value is -3.47. The number of nitrogens with one attached hydrogen (secondary N) is 2. The van der Waals surface area contributed by atoms with Crippen molar-refractivity contribution < 1.29 is 14.4 Å². The lowest BCUT2D eigenvalue weighted by Crippen LogP contribution is -2.25. The lowest BCUT2D eigenvalue weighted by Gasteiger charge is -2.07. The molecule has 3 aromatic rings. The fraction of sp³-hybridized carbons (Fsp3) is 0.208. The van der Waals surface area contributed by atoms with E-state index >= 15 is 0 Å². The second-order valence-corrected chi connectivity index (χ2v) is 7.36. The van der Waals surface area contributed by atoms with E-state index in [1.165, 1.54) is 0 Å². The predicted molar refractivity (Wildman–Crippen MR) is 113 cm³/mol. The average molecular weight is 386 g/mol. The first-order valence-corrected chi connectivity index (χ1v) is 9.81. The molecular formula is C24H22N2O3. The van der Waals surface area contributed by atoms with Crippen molar-refractivity contribution in [2.45, 2.75) is 31.7 Å². The van der Waals surface area contributed by atoms with Crippen molar-refractivity contribution in [1.29, 1.82) is 0 Å².